The smallest absolute Gasteiger partial charge is 0.434 e. The molecule has 3 N–H and O–H groups in total. The van der Waals surface area contributed by atoms with Crippen LogP contribution in [0.4, 0.5) is 4.79 Å². The van der Waals surface area contributed by atoms with Crippen molar-refractivity contribution in [1.29, 1.82) is 0 Å². The van der Waals surface area contributed by atoms with Gasteiger partial charge in [-0.2, -0.15) is 9.91 Å². The molecule has 7 heavy (non-hydrogen) atoms. The largest absolute Gasteiger partial charge is 0.528 e. The Labute approximate surface area is 40.0 Å². The van der Waals surface area contributed by atoms with Crippen molar-refractivity contribution in [2.24, 2.45) is 5.10 Å². The summed E-state index contributed by atoms with van der Waals surface area (Å²) in [4.78, 5) is 9.57. The second kappa shape index (κ2) is 2.27. The molecule has 0 spiro atoms. The predicted molar refractivity (Wildman–Crippen MR) is 22.9 cm³/mol. The number of quaternary nitrogens is 1. The third-order valence-corrected chi connectivity index (χ3v) is 0.361. The number of nitrogens with one attached hydrogen (secondary N) is 2. The summed E-state index contributed by atoms with van der Waals surface area (Å²) in [6.45, 7) is 2.83. The van der Waals surface area contributed by atoms with Crippen molar-refractivity contribution in [1.82, 2.24) is 0 Å². The van der Waals surface area contributed by atoms with Gasteiger partial charge >= 0.3 is 6.09 Å². The fourth-order valence-electron chi connectivity index (χ4n) is 0.0676. The third kappa shape index (κ3) is 1.85. The highest BCUT2D eigenvalue weighted by molar-refractivity contribution is 5.53. The van der Waals surface area contributed by atoms with Crippen LogP contribution in [-0.2, 0) is 0 Å². The van der Waals surface area contributed by atoms with E-state index in [1.807, 2.05) is 0 Å². The lowest BCUT2D eigenvalue weighted by Crippen LogP contribution is -3.03. The molecule has 0 rings (SSSR count). The van der Waals surface area contributed by atoms with Crippen molar-refractivity contribution in [3.05, 3.63) is 5.84 Å². The molecule has 0 aromatic carbocycles. The van der Waals surface area contributed by atoms with Gasteiger partial charge in [-0.3, -0.25) is 0 Å². The van der Waals surface area contributed by atoms with Gasteiger partial charge < -0.3 is 10.9 Å². The van der Waals surface area contributed by atoms with E-state index in [1.54, 1.807) is 0 Å². The van der Waals surface area contributed by atoms with Crippen molar-refractivity contribution >= 4 is 12.8 Å². The van der Waals surface area contributed by atoms with Crippen LogP contribution < -0.4 is 5.12 Å². The van der Waals surface area contributed by atoms with Gasteiger partial charge in [0.2, 0.25) is 0 Å². The minimum atomic E-state index is -1.35. The monoisotopic (exact) mass is 103 g/mol. The Morgan fingerprint density at radius 3 is 2.43 bits per heavy atom. The van der Waals surface area contributed by atoms with Crippen LogP contribution in [0.25, 0.3) is 5.84 Å². The van der Waals surface area contributed by atoms with E-state index in [0.29, 0.717) is 0 Å². The van der Waals surface area contributed by atoms with Gasteiger partial charge in [0.05, 0.1) is 0 Å². The number of amides is 1. The van der Waals surface area contributed by atoms with Crippen LogP contribution in [0.5, 0.6) is 0 Å². The Bertz CT molecular complexity index is 90.9. The molecule has 0 saturated heterocycles. The molecule has 1 unspecified atom stereocenters. The highest BCUT2D eigenvalue weighted by atomic mass is 16.4. The molecule has 1 amide bonds. The summed E-state index contributed by atoms with van der Waals surface area (Å²) in [5.74, 6) is 6.36. The minimum Gasteiger partial charge on any atom is -0.434 e. The standard InChI is InChI=1S/C2H5N3O2/c1-4-5(3)2(6)7/h3,5H,1H2,(H,6,7). The molecule has 5 nitrogen and oxygen atoms in total. The van der Waals surface area contributed by atoms with Crippen LogP contribution in [0.2, 0.25) is 0 Å². The zero-order chi connectivity index (χ0) is 5.86. The van der Waals surface area contributed by atoms with Crippen LogP contribution in [-0.4, -0.2) is 17.9 Å². The van der Waals surface area contributed by atoms with Crippen LogP contribution in [0.3, 0.4) is 0 Å². The second-order valence-electron chi connectivity index (χ2n) is 0.812. The highest BCUT2D eigenvalue weighted by Crippen LogP contribution is 1.46. The van der Waals surface area contributed by atoms with E-state index in [4.69, 9.17) is 10.9 Å². The average Bonchev–Trinajstić information content (AvgIpc) is 1.65. The first-order chi connectivity index (χ1) is 3.18. The lowest BCUT2D eigenvalue weighted by molar-refractivity contribution is -0.774. The van der Waals surface area contributed by atoms with E-state index in [2.05, 4.69) is 11.8 Å². The quantitative estimate of drug-likeness (QED) is 0.334. The normalized spacial score (nSPS) is 12.7. The number of hydrogen-bond donors (Lipinski definition) is 2. The minimum absolute atomic E-state index is 0.722. The maximum absolute atomic E-state index is 9.57. The van der Waals surface area contributed by atoms with Crippen LogP contribution in [0, 0.1) is 0 Å². The molecule has 0 aliphatic carbocycles. The number of carbonyl (C=O) groups is 1. The molecule has 0 fully saturated rings. The van der Waals surface area contributed by atoms with Gasteiger partial charge in [-0.15, -0.1) is 0 Å². The summed E-state index contributed by atoms with van der Waals surface area (Å²) in [7, 11) is 0. The van der Waals surface area contributed by atoms with Crippen LogP contribution in [0.1, 0.15) is 0 Å². The number of rotatable bonds is 1. The third-order valence-electron chi connectivity index (χ3n) is 0.361. The lowest BCUT2D eigenvalue weighted by Gasteiger charge is -2.01. The van der Waals surface area contributed by atoms with Crippen LogP contribution in [0.15, 0.2) is 5.10 Å². The number of nitrogens with zero attached hydrogens (tertiary/aromatic N) is 1. The van der Waals surface area contributed by atoms with E-state index in [9.17, 15) is 4.79 Å². The molecule has 0 aromatic heterocycles. The molecule has 5 heteroatoms. The summed E-state index contributed by atoms with van der Waals surface area (Å²) in [6.07, 6.45) is -1.35. The van der Waals surface area contributed by atoms with Gasteiger partial charge in [-0.25, -0.2) is 0 Å². The lowest BCUT2D eigenvalue weighted by atomic mass is 11.2. The van der Waals surface area contributed by atoms with Gasteiger partial charge in [0.15, 0.2) is 0 Å². The van der Waals surface area contributed by atoms with E-state index in [1.165, 1.54) is 0 Å². The fourth-order valence-corrected chi connectivity index (χ4v) is 0.0676. The Hall–Kier alpha value is -0.940. The topological polar surface area (TPSA) is 77.9 Å². The summed E-state index contributed by atoms with van der Waals surface area (Å²) >= 11 is 0. The predicted octanol–water partition coefficient (Wildman–Crippen LogP) is -0.868. The van der Waals surface area contributed by atoms with Crippen molar-refractivity contribution in [2.45, 2.75) is 0 Å². The second-order valence-corrected chi connectivity index (χ2v) is 0.812. The van der Waals surface area contributed by atoms with E-state index in [0.717, 1.165) is 0 Å². The molecular weight excluding hydrogens is 98.0 g/mol. The van der Waals surface area contributed by atoms with Gasteiger partial charge in [0.25, 0.3) is 0 Å². The van der Waals surface area contributed by atoms with Gasteiger partial charge in [0, 0.05) is 6.72 Å². The zero-order valence-corrected chi connectivity index (χ0v) is 3.51. The van der Waals surface area contributed by atoms with E-state index < -0.39 is 11.2 Å². The SMILES string of the molecule is C=N[NH+]([NH-])C(=O)O. The summed E-state index contributed by atoms with van der Waals surface area (Å²) in [5, 5.41) is 9.92. The molecule has 0 aromatic rings. The maximum atomic E-state index is 9.57. The van der Waals surface area contributed by atoms with Crippen molar-refractivity contribution in [3.63, 3.8) is 0 Å². The molecule has 0 saturated carbocycles. The Balaban J connectivity index is 3.55. The van der Waals surface area contributed by atoms with Crippen LogP contribution >= 0.6 is 0 Å². The molecule has 0 aliphatic rings. The first kappa shape index (κ1) is 6.06. The molecule has 1 atom stereocenters. The molecular formula is C2H5N3O2. The molecule has 0 bridgehead atoms. The zero-order valence-electron chi connectivity index (χ0n) is 3.51. The number of carboxylic acid groups (broad SMARTS) is 1. The Morgan fingerprint density at radius 1 is 2.00 bits per heavy atom. The van der Waals surface area contributed by atoms with Gasteiger partial charge in [-0.1, -0.05) is 5.10 Å². The molecule has 0 aliphatic heterocycles. The van der Waals surface area contributed by atoms with Crippen molar-refractivity contribution in [3.8, 4) is 0 Å². The Kier molecular flexibility index (Phi) is 1.97. The fraction of sp³-hybridized carbons (Fsp3) is 0. The van der Waals surface area contributed by atoms with E-state index >= 15 is 0 Å². The molecule has 0 radical (unpaired) electrons. The summed E-state index contributed by atoms with van der Waals surface area (Å²) in [6, 6.07) is 0. The highest BCUT2D eigenvalue weighted by Gasteiger charge is 2.00. The Morgan fingerprint density at radius 2 is 2.43 bits per heavy atom. The average molecular weight is 103 g/mol. The van der Waals surface area contributed by atoms with E-state index in [-0.39, 0.29) is 0 Å². The molecule has 0 heterocycles. The maximum Gasteiger partial charge on any atom is 0.528 e. The first-order valence-electron chi connectivity index (χ1n) is 1.47. The summed E-state index contributed by atoms with van der Waals surface area (Å²) in [5.41, 5.74) is 0. The first-order valence-corrected chi connectivity index (χ1v) is 1.47. The molecule has 40 valence electrons. The van der Waals surface area contributed by atoms with Gasteiger partial charge in [0.1, 0.15) is 0 Å². The van der Waals surface area contributed by atoms with Crippen molar-refractivity contribution in [2.75, 3.05) is 0 Å². The summed E-state index contributed by atoms with van der Waals surface area (Å²) < 4.78 is 0. The number of hydrogen-bond acceptors (Lipinski definition) is 2. The van der Waals surface area contributed by atoms with Crippen molar-refractivity contribution < 1.29 is 15.0 Å². The van der Waals surface area contributed by atoms with Gasteiger partial charge in [-0.05, 0) is 0 Å².